The van der Waals surface area contributed by atoms with Crippen molar-refractivity contribution in [2.24, 2.45) is 0 Å². The summed E-state index contributed by atoms with van der Waals surface area (Å²) in [5.74, 6) is 0.219. The highest BCUT2D eigenvalue weighted by Gasteiger charge is 2.27. The monoisotopic (exact) mass is 286 g/mol. The van der Waals surface area contributed by atoms with E-state index < -0.39 is 5.97 Å². The summed E-state index contributed by atoms with van der Waals surface area (Å²) < 4.78 is 1.84. The molecule has 7 heteroatoms. The molecule has 1 aromatic heterocycles. The first-order valence-electron chi connectivity index (χ1n) is 6.59. The van der Waals surface area contributed by atoms with Gasteiger partial charge in [-0.3, -0.25) is 14.2 Å². The molecule has 1 aliphatic rings. The number of carboxylic acid groups (broad SMARTS) is 1. The lowest BCUT2D eigenvalue weighted by Crippen LogP contribution is -2.32. The molecule has 0 spiro atoms. The maximum atomic E-state index is 12.6. The van der Waals surface area contributed by atoms with Crippen molar-refractivity contribution < 1.29 is 14.7 Å². The maximum Gasteiger partial charge on any atom is 0.305 e. The fraction of sp³-hybridized carbons (Fsp3) is 0.286. The van der Waals surface area contributed by atoms with Crippen LogP contribution in [0.3, 0.4) is 0 Å². The SMILES string of the molecule is Cc1nnc2n1-c1ccccc1C(=O)N(CCC(=O)O)C2. The van der Waals surface area contributed by atoms with Crippen molar-refractivity contribution in [2.75, 3.05) is 6.54 Å². The molecule has 0 atom stereocenters. The van der Waals surface area contributed by atoms with Gasteiger partial charge in [-0.05, 0) is 19.1 Å². The summed E-state index contributed by atoms with van der Waals surface area (Å²) in [6.45, 7) is 2.22. The molecule has 0 saturated heterocycles. The fourth-order valence-corrected chi connectivity index (χ4v) is 2.50. The lowest BCUT2D eigenvalue weighted by Gasteiger charge is -2.18. The van der Waals surface area contributed by atoms with Crippen LogP contribution in [0.2, 0.25) is 0 Å². The molecule has 1 N–H and O–H groups in total. The average molecular weight is 286 g/mol. The van der Waals surface area contributed by atoms with Gasteiger partial charge in [0.2, 0.25) is 0 Å². The van der Waals surface area contributed by atoms with Crippen LogP contribution in [0.1, 0.15) is 28.4 Å². The number of rotatable bonds is 3. The maximum absolute atomic E-state index is 12.6. The van der Waals surface area contributed by atoms with Crippen LogP contribution in [0.15, 0.2) is 24.3 Å². The van der Waals surface area contributed by atoms with Gasteiger partial charge in [-0.15, -0.1) is 10.2 Å². The number of amides is 1. The molecule has 108 valence electrons. The van der Waals surface area contributed by atoms with E-state index in [0.717, 1.165) is 5.69 Å². The summed E-state index contributed by atoms with van der Waals surface area (Å²) in [5, 5.41) is 17.0. The van der Waals surface area contributed by atoms with E-state index in [0.29, 0.717) is 17.2 Å². The van der Waals surface area contributed by atoms with Crippen molar-refractivity contribution in [3.63, 3.8) is 0 Å². The molecule has 0 radical (unpaired) electrons. The van der Waals surface area contributed by atoms with Crippen LogP contribution in [0.5, 0.6) is 0 Å². The van der Waals surface area contributed by atoms with Crippen molar-refractivity contribution >= 4 is 11.9 Å². The van der Waals surface area contributed by atoms with Crippen LogP contribution in [-0.2, 0) is 11.3 Å². The van der Waals surface area contributed by atoms with Gasteiger partial charge in [0.1, 0.15) is 5.82 Å². The quantitative estimate of drug-likeness (QED) is 0.909. The van der Waals surface area contributed by atoms with Crippen molar-refractivity contribution in [3.8, 4) is 5.69 Å². The molecule has 0 saturated carbocycles. The topological polar surface area (TPSA) is 88.3 Å². The Labute approximate surface area is 120 Å². The molecule has 0 fully saturated rings. The average Bonchev–Trinajstić information content (AvgIpc) is 2.77. The molecule has 2 heterocycles. The zero-order valence-electron chi connectivity index (χ0n) is 11.5. The Bertz CT molecular complexity index is 723. The summed E-state index contributed by atoms with van der Waals surface area (Å²) in [6, 6.07) is 7.22. The number of nitrogens with zero attached hydrogens (tertiary/aromatic N) is 4. The van der Waals surface area contributed by atoms with Crippen LogP contribution < -0.4 is 0 Å². The molecule has 3 rings (SSSR count). The number of aryl methyl sites for hydroxylation is 1. The van der Waals surface area contributed by atoms with Gasteiger partial charge >= 0.3 is 5.97 Å². The molecule has 0 unspecified atom stereocenters. The third-order valence-electron chi connectivity index (χ3n) is 3.48. The highest BCUT2D eigenvalue weighted by atomic mass is 16.4. The van der Waals surface area contributed by atoms with Crippen LogP contribution >= 0.6 is 0 Å². The zero-order valence-corrected chi connectivity index (χ0v) is 11.5. The van der Waals surface area contributed by atoms with E-state index in [1.165, 1.54) is 4.90 Å². The number of benzene rings is 1. The number of aliphatic carboxylic acids is 1. The predicted octanol–water partition coefficient (Wildman–Crippen LogP) is 1.01. The molecule has 1 amide bonds. The third kappa shape index (κ3) is 2.26. The Hall–Kier alpha value is -2.70. The number of carboxylic acids is 1. The predicted molar refractivity (Wildman–Crippen MR) is 73.1 cm³/mol. The Morgan fingerprint density at radius 2 is 2.10 bits per heavy atom. The van der Waals surface area contributed by atoms with Gasteiger partial charge in [0.15, 0.2) is 5.82 Å². The minimum Gasteiger partial charge on any atom is -0.481 e. The van der Waals surface area contributed by atoms with Crippen LogP contribution in [0.25, 0.3) is 5.69 Å². The van der Waals surface area contributed by atoms with E-state index in [4.69, 9.17) is 5.11 Å². The number of hydrogen-bond acceptors (Lipinski definition) is 4. The van der Waals surface area contributed by atoms with Gasteiger partial charge in [0, 0.05) is 6.54 Å². The minimum absolute atomic E-state index is 0.0962. The number of para-hydroxylation sites is 1. The van der Waals surface area contributed by atoms with Gasteiger partial charge in [0.25, 0.3) is 5.91 Å². The highest BCUT2D eigenvalue weighted by molar-refractivity contribution is 5.98. The number of aromatic nitrogens is 3. The number of carbonyl (C=O) groups excluding carboxylic acids is 1. The van der Waals surface area contributed by atoms with Crippen molar-refractivity contribution in [2.45, 2.75) is 19.9 Å². The molecule has 0 aliphatic carbocycles. The molecular weight excluding hydrogens is 272 g/mol. The molecule has 0 bridgehead atoms. The summed E-state index contributed by atoms with van der Waals surface area (Å²) in [7, 11) is 0. The smallest absolute Gasteiger partial charge is 0.305 e. The summed E-state index contributed by atoms with van der Waals surface area (Å²) >= 11 is 0. The molecular formula is C14H14N4O3. The van der Waals surface area contributed by atoms with Crippen LogP contribution in [0, 0.1) is 6.92 Å². The molecule has 7 nitrogen and oxygen atoms in total. The first kappa shape index (κ1) is 13.3. The second-order valence-electron chi connectivity index (χ2n) is 4.89. The van der Waals surface area contributed by atoms with E-state index >= 15 is 0 Å². The van der Waals surface area contributed by atoms with Crippen molar-refractivity contribution in [1.29, 1.82) is 0 Å². The second-order valence-corrected chi connectivity index (χ2v) is 4.89. The van der Waals surface area contributed by atoms with Gasteiger partial charge in [-0.1, -0.05) is 12.1 Å². The summed E-state index contributed by atoms with van der Waals surface area (Å²) in [5.41, 5.74) is 1.27. The third-order valence-corrected chi connectivity index (χ3v) is 3.48. The van der Waals surface area contributed by atoms with Crippen molar-refractivity contribution in [1.82, 2.24) is 19.7 Å². The van der Waals surface area contributed by atoms with Gasteiger partial charge in [-0.2, -0.15) is 0 Å². The lowest BCUT2D eigenvalue weighted by molar-refractivity contribution is -0.137. The number of hydrogen-bond donors (Lipinski definition) is 1. The fourth-order valence-electron chi connectivity index (χ4n) is 2.50. The Balaban J connectivity index is 2.09. The first-order chi connectivity index (χ1) is 10.1. The molecule has 1 aliphatic heterocycles. The molecule has 21 heavy (non-hydrogen) atoms. The molecule has 1 aromatic carbocycles. The van der Waals surface area contributed by atoms with Crippen LogP contribution in [-0.4, -0.2) is 43.2 Å². The van der Waals surface area contributed by atoms with E-state index in [2.05, 4.69) is 10.2 Å². The van der Waals surface area contributed by atoms with E-state index in [-0.39, 0.29) is 25.4 Å². The van der Waals surface area contributed by atoms with Gasteiger partial charge in [0.05, 0.1) is 24.2 Å². The Morgan fingerprint density at radius 1 is 1.33 bits per heavy atom. The largest absolute Gasteiger partial charge is 0.481 e. The Morgan fingerprint density at radius 3 is 2.86 bits per heavy atom. The van der Waals surface area contributed by atoms with E-state index in [9.17, 15) is 9.59 Å². The van der Waals surface area contributed by atoms with E-state index in [1.54, 1.807) is 12.1 Å². The number of carbonyl (C=O) groups is 2. The molecule has 2 aromatic rings. The summed E-state index contributed by atoms with van der Waals surface area (Å²) in [4.78, 5) is 24.9. The van der Waals surface area contributed by atoms with Crippen LogP contribution in [0.4, 0.5) is 0 Å². The van der Waals surface area contributed by atoms with Crippen molar-refractivity contribution in [3.05, 3.63) is 41.5 Å². The van der Waals surface area contributed by atoms with Gasteiger partial charge in [-0.25, -0.2) is 0 Å². The lowest BCUT2D eigenvalue weighted by atomic mass is 10.1. The first-order valence-corrected chi connectivity index (χ1v) is 6.59. The standard InChI is InChI=1S/C14H14N4O3/c1-9-15-16-12-8-17(7-6-13(19)20)14(21)10-4-2-3-5-11(10)18(9)12/h2-5H,6-8H2,1H3,(H,19,20). The second kappa shape index (κ2) is 5.01. The number of fused-ring (bicyclic) bond motifs is 3. The van der Waals surface area contributed by atoms with E-state index in [1.807, 2.05) is 23.6 Å². The zero-order chi connectivity index (χ0) is 15.0. The highest BCUT2D eigenvalue weighted by Crippen LogP contribution is 2.24. The Kier molecular flexibility index (Phi) is 3.17. The summed E-state index contributed by atoms with van der Waals surface area (Å²) in [6.07, 6.45) is -0.0962. The van der Waals surface area contributed by atoms with Gasteiger partial charge < -0.3 is 10.0 Å². The normalized spacial score (nSPS) is 13.6. The minimum atomic E-state index is -0.932.